The summed E-state index contributed by atoms with van der Waals surface area (Å²) in [6.45, 7) is 1.33. The molecule has 3 aromatic carbocycles. The summed E-state index contributed by atoms with van der Waals surface area (Å²) in [7, 11) is 1.52. The standard InChI is InChI=1S/C28H28N2O6/c1-34-17-26(32)30-12-10-18-14-21-6-8-23(18)27(30)19-4-2-5-20(15-19)35-13-3-11-29-28(33)24-16-22(36-21)7-9-25(24)31/h2,4-9,14-16,27,31H,3,10-13,17H2,1H3,(H,29,33)/t27-/m0/s1. The Balaban J connectivity index is 1.58. The lowest BCUT2D eigenvalue weighted by molar-refractivity contribution is -0.137. The molecule has 0 spiro atoms. The van der Waals surface area contributed by atoms with Gasteiger partial charge in [0.25, 0.3) is 5.91 Å². The number of carbonyl (C=O) groups is 2. The first kappa shape index (κ1) is 23.7. The number of benzene rings is 3. The number of ether oxygens (including phenoxy) is 3. The Kier molecular flexibility index (Phi) is 6.77. The van der Waals surface area contributed by atoms with Crippen LogP contribution in [0.2, 0.25) is 0 Å². The highest BCUT2D eigenvalue weighted by molar-refractivity contribution is 5.97. The third-order valence-electron chi connectivity index (χ3n) is 6.43. The first-order chi connectivity index (χ1) is 17.5. The van der Waals surface area contributed by atoms with Crippen molar-refractivity contribution >= 4 is 11.8 Å². The van der Waals surface area contributed by atoms with Gasteiger partial charge in [-0.1, -0.05) is 18.2 Å². The average molecular weight is 489 g/mol. The fraction of sp³-hybridized carbons (Fsp3) is 0.286. The number of amides is 2. The van der Waals surface area contributed by atoms with E-state index in [1.54, 1.807) is 6.07 Å². The molecule has 3 heterocycles. The molecule has 3 aliphatic heterocycles. The van der Waals surface area contributed by atoms with E-state index >= 15 is 0 Å². The van der Waals surface area contributed by atoms with Crippen LogP contribution >= 0.6 is 0 Å². The van der Waals surface area contributed by atoms with Crippen LogP contribution in [-0.2, 0) is 16.0 Å². The van der Waals surface area contributed by atoms with Crippen molar-refractivity contribution < 1.29 is 28.9 Å². The second kappa shape index (κ2) is 10.3. The van der Waals surface area contributed by atoms with Crippen molar-refractivity contribution in [3.05, 3.63) is 82.9 Å². The maximum Gasteiger partial charge on any atom is 0.255 e. The van der Waals surface area contributed by atoms with E-state index in [1.165, 1.54) is 19.2 Å². The van der Waals surface area contributed by atoms with E-state index in [-0.39, 0.29) is 35.8 Å². The number of phenols is 1. The highest BCUT2D eigenvalue weighted by Gasteiger charge is 2.32. The average Bonchev–Trinajstić information content (AvgIpc) is 2.88. The van der Waals surface area contributed by atoms with Gasteiger partial charge in [-0.05, 0) is 72.0 Å². The number of nitrogens with one attached hydrogen (secondary N) is 1. The van der Waals surface area contributed by atoms with Crippen LogP contribution in [0.1, 0.15) is 39.5 Å². The van der Waals surface area contributed by atoms with E-state index in [0.717, 1.165) is 16.7 Å². The van der Waals surface area contributed by atoms with Crippen molar-refractivity contribution in [2.75, 3.05) is 33.4 Å². The third-order valence-corrected chi connectivity index (χ3v) is 6.43. The Morgan fingerprint density at radius 3 is 2.81 bits per heavy atom. The molecule has 2 amide bonds. The smallest absolute Gasteiger partial charge is 0.255 e. The second-order valence-corrected chi connectivity index (χ2v) is 8.84. The zero-order chi connectivity index (χ0) is 25.1. The van der Waals surface area contributed by atoms with Crippen LogP contribution in [0, 0.1) is 0 Å². The minimum absolute atomic E-state index is 0.0120. The van der Waals surface area contributed by atoms with Gasteiger partial charge in [0.05, 0.1) is 18.2 Å². The number of phenolic OH excluding ortho intramolecular Hbond substituents is 1. The van der Waals surface area contributed by atoms with Crippen LogP contribution in [0.25, 0.3) is 0 Å². The molecule has 0 aliphatic carbocycles. The molecule has 1 atom stereocenters. The minimum atomic E-state index is -0.379. The van der Waals surface area contributed by atoms with E-state index in [0.29, 0.717) is 49.8 Å². The lowest BCUT2D eigenvalue weighted by Crippen LogP contribution is -2.42. The van der Waals surface area contributed by atoms with Crippen molar-refractivity contribution in [1.82, 2.24) is 10.2 Å². The SMILES string of the molecule is COCC(=O)N1CCc2cc3ccc2[C@@H]1c1cccc(c1)OCCCNC(=O)c1cc(ccc1O)O3. The van der Waals surface area contributed by atoms with E-state index in [9.17, 15) is 14.7 Å². The number of hydrogen-bond donors (Lipinski definition) is 2. The van der Waals surface area contributed by atoms with Gasteiger partial charge in [0, 0.05) is 20.2 Å². The van der Waals surface area contributed by atoms with E-state index in [1.807, 2.05) is 47.4 Å². The van der Waals surface area contributed by atoms with Crippen LogP contribution in [0.3, 0.4) is 0 Å². The second-order valence-electron chi connectivity index (χ2n) is 8.84. The fourth-order valence-corrected chi connectivity index (χ4v) is 4.73. The summed E-state index contributed by atoms with van der Waals surface area (Å²) in [5, 5.41) is 13.0. The van der Waals surface area contributed by atoms with Crippen LogP contribution in [0.4, 0.5) is 0 Å². The maximum atomic E-state index is 13.0. The van der Waals surface area contributed by atoms with Gasteiger partial charge in [-0.3, -0.25) is 9.59 Å². The van der Waals surface area contributed by atoms with E-state index in [2.05, 4.69) is 5.32 Å². The van der Waals surface area contributed by atoms with Gasteiger partial charge in [-0.2, -0.15) is 0 Å². The molecular weight excluding hydrogens is 460 g/mol. The van der Waals surface area contributed by atoms with Crippen LogP contribution in [0.5, 0.6) is 23.0 Å². The molecule has 186 valence electrons. The third kappa shape index (κ3) is 4.85. The summed E-state index contributed by atoms with van der Waals surface area (Å²) in [6, 6.07) is 17.9. The zero-order valence-corrected chi connectivity index (χ0v) is 20.0. The number of rotatable bonds is 2. The van der Waals surface area contributed by atoms with E-state index < -0.39 is 0 Å². The summed E-state index contributed by atoms with van der Waals surface area (Å²) in [4.78, 5) is 27.5. The van der Waals surface area contributed by atoms with Crippen molar-refractivity contribution in [3.63, 3.8) is 0 Å². The van der Waals surface area contributed by atoms with Gasteiger partial charge in [-0.25, -0.2) is 0 Å². The van der Waals surface area contributed by atoms with E-state index in [4.69, 9.17) is 14.2 Å². The largest absolute Gasteiger partial charge is 0.507 e. The molecule has 0 saturated carbocycles. The van der Waals surface area contributed by atoms with Crippen LogP contribution in [0.15, 0.2) is 60.7 Å². The lowest BCUT2D eigenvalue weighted by Gasteiger charge is -2.38. The molecule has 8 bridgehead atoms. The highest BCUT2D eigenvalue weighted by Crippen LogP contribution is 2.39. The quantitative estimate of drug-likeness (QED) is 0.569. The summed E-state index contributed by atoms with van der Waals surface area (Å²) in [5.74, 6) is 1.18. The molecule has 0 unspecified atom stereocenters. The number of nitrogens with zero attached hydrogens (tertiary/aromatic N) is 1. The van der Waals surface area contributed by atoms with Gasteiger partial charge in [0.1, 0.15) is 29.6 Å². The molecule has 8 heteroatoms. The predicted molar refractivity (Wildman–Crippen MR) is 133 cm³/mol. The molecule has 36 heavy (non-hydrogen) atoms. The summed E-state index contributed by atoms with van der Waals surface area (Å²) in [6.07, 6.45) is 1.25. The number of aromatic hydroxyl groups is 1. The zero-order valence-electron chi connectivity index (χ0n) is 20.0. The normalized spacial score (nSPS) is 17.3. The van der Waals surface area contributed by atoms with Crippen LogP contribution < -0.4 is 14.8 Å². The lowest BCUT2D eigenvalue weighted by atomic mass is 9.87. The molecule has 3 aromatic rings. The monoisotopic (exact) mass is 488 g/mol. The molecule has 6 rings (SSSR count). The summed E-state index contributed by atoms with van der Waals surface area (Å²) < 4.78 is 17.2. The molecular formula is C28H28N2O6. The molecule has 3 aliphatic rings. The van der Waals surface area contributed by atoms with Crippen molar-refractivity contribution in [2.24, 2.45) is 0 Å². The topological polar surface area (TPSA) is 97.3 Å². The van der Waals surface area contributed by atoms with Crippen molar-refractivity contribution in [2.45, 2.75) is 18.9 Å². The Hall–Kier alpha value is -4.04. The van der Waals surface area contributed by atoms with Gasteiger partial charge in [0.2, 0.25) is 5.91 Å². The molecule has 2 N–H and O–H groups in total. The molecule has 0 radical (unpaired) electrons. The van der Waals surface area contributed by atoms with Gasteiger partial charge in [-0.15, -0.1) is 0 Å². The highest BCUT2D eigenvalue weighted by atomic mass is 16.5. The Bertz CT molecular complexity index is 1290. The Labute approximate surface area is 209 Å². The maximum absolute atomic E-state index is 13.0. The first-order valence-corrected chi connectivity index (χ1v) is 12.0. The Morgan fingerprint density at radius 2 is 1.94 bits per heavy atom. The molecule has 0 fully saturated rings. The van der Waals surface area contributed by atoms with Gasteiger partial charge >= 0.3 is 0 Å². The van der Waals surface area contributed by atoms with Crippen LogP contribution in [-0.4, -0.2) is 55.2 Å². The van der Waals surface area contributed by atoms with Gasteiger partial charge < -0.3 is 29.5 Å². The van der Waals surface area contributed by atoms with Gasteiger partial charge in [0.15, 0.2) is 0 Å². The fourth-order valence-electron chi connectivity index (χ4n) is 4.73. The number of hydrogen-bond acceptors (Lipinski definition) is 6. The number of methoxy groups -OCH3 is 1. The number of carbonyl (C=O) groups excluding carboxylic acids is 2. The molecule has 8 nitrogen and oxygen atoms in total. The molecule has 0 saturated heterocycles. The Morgan fingerprint density at radius 1 is 1.11 bits per heavy atom. The predicted octanol–water partition coefficient (Wildman–Crippen LogP) is 3.82. The summed E-state index contributed by atoms with van der Waals surface area (Å²) >= 11 is 0. The minimum Gasteiger partial charge on any atom is -0.507 e. The molecule has 0 aromatic heterocycles. The number of fused-ring (bicyclic) bond motifs is 6. The van der Waals surface area contributed by atoms with Crippen molar-refractivity contribution in [1.29, 1.82) is 0 Å². The van der Waals surface area contributed by atoms with Crippen molar-refractivity contribution in [3.8, 4) is 23.0 Å². The first-order valence-electron chi connectivity index (χ1n) is 12.0. The summed E-state index contributed by atoms with van der Waals surface area (Å²) in [5.41, 5.74) is 3.18.